The second kappa shape index (κ2) is 7.06. The highest BCUT2D eigenvalue weighted by Crippen LogP contribution is 2.20. The number of hydrogen-bond donors (Lipinski definition) is 2. The van der Waals surface area contributed by atoms with Crippen LogP contribution in [0, 0.1) is 0 Å². The summed E-state index contributed by atoms with van der Waals surface area (Å²) in [5.74, 6) is -1.68. The number of hydrogen-bond acceptors (Lipinski definition) is 3. The van der Waals surface area contributed by atoms with Gasteiger partial charge in [-0.3, -0.25) is 14.4 Å². The molecule has 0 aliphatic carbocycles. The highest BCUT2D eigenvalue weighted by Gasteiger charge is 2.29. The minimum Gasteiger partial charge on any atom is -0.366 e. The first-order valence-corrected chi connectivity index (χ1v) is 7.54. The van der Waals surface area contributed by atoms with Crippen LogP contribution >= 0.6 is 0 Å². The molecule has 1 aliphatic rings. The van der Waals surface area contributed by atoms with E-state index >= 15 is 0 Å². The van der Waals surface area contributed by atoms with Gasteiger partial charge >= 0.3 is 11.8 Å². The molecule has 1 aromatic rings. The van der Waals surface area contributed by atoms with Gasteiger partial charge in [-0.1, -0.05) is 6.92 Å². The minimum absolute atomic E-state index is 0.143. The number of piperidine rings is 1. The minimum atomic E-state index is -0.646. The largest absolute Gasteiger partial charge is 0.366 e. The Kier molecular flexibility index (Phi) is 5.14. The van der Waals surface area contributed by atoms with Crippen LogP contribution in [0.2, 0.25) is 0 Å². The fraction of sp³-hybridized carbons (Fsp3) is 0.438. The van der Waals surface area contributed by atoms with Crippen molar-refractivity contribution in [3.05, 3.63) is 29.8 Å². The number of nitrogens with two attached hydrogens (primary N) is 1. The van der Waals surface area contributed by atoms with Crippen molar-refractivity contribution in [2.75, 3.05) is 11.9 Å². The third-order valence-electron chi connectivity index (χ3n) is 3.98. The standard InChI is InChI=1S/C16H21N3O3/c1-2-13-5-3-4-10-19(13)16(22)15(21)18-12-8-6-11(7-9-12)14(17)20/h6-9,13H,2-5,10H2,1H3,(H2,17,20)(H,18,21). The molecular weight excluding hydrogens is 282 g/mol. The Morgan fingerprint density at radius 1 is 1.23 bits per heavy atom. The number of nitrogens with one attached hydrogen (secondary N) is 1. The van der Waals surface area contributed by atoms with Gasteiger partial charge in [-0.25, -0.2) is 0 Å². The van der Waals surface area contributed by atoms with Crippen molar-refractivity contribution in [1.82, 2.24) is 4.90 Å². The highest BCUT2D eigenvalue weighted by atomic mass is 16.2. The summed E-state index contributed by atoms with van der Waals surface area (Å²) in [4.78, 5) is 37.0. The first kappa shape index (κ1) is 16.0. The molecule has 1 fully saturated rings. The van der Waals surface area contributed by atoms with Gasteiger partial charge < -0.3 is 16.0 Å². The zero-order valence-corrected chi connectivity index (χ0v) is 12.7. The van der Waals surface area contributed by atoms with Crippen LogP contribution in [0.4, 0.5) is 5.69 Å². The van der Waals surface area contributed by atoms with Crippen molar-refractivity contribution >= 4 is 23.4 Å². The van der Waals surface area contributed by atoms with Crippen LogP contribution < -0.4 is 11.1 Å². The molecule has 6 heteroatoms. The summed E-state index contributed by atoms with van der Waals surface area (Å²) in [6.07, 6.45) is 3.83. The maximum absolute atomic E-state index is 12.3. The Balaban J connectivity index is 2.01. The topological polar surface area (TPSA) is 92.5 Å². The van der Waals surface area contributed by atoms with E-state index in [1.54, 1.807) is 17.0 Å². The summed E-state index contributed by atoms with van der Waals surface area (Å²) in [7, 11) is 0. The molecule has 0 radical (unpaired) electrons. The van der Waals surface area contributed by atoms with Crippen molar-refractivity contribution in [1.29, 1.82) is 0 Å². The van der Waals surface area contributed by atoms with E-state index < -0.39 is 17.7 Å². The lowest BCUT2D eigenvalue weighted by molar-refractivity contribution is -0.145. The molecule has 118 valence electrons. The number of benzene rings is 1. The van der Waals surface area contributed by atoms with Gasteiger partial charge in [0.15, 0.2) is 0 Å². The smallest absolute Gasteiger partial charge is 0.313 e. The van der Waals surface area contributed by atoms with Crippen LogP contribution in [0.25, 0.3) is 0 Å². The molecule has 1 aromatic carbocycles. The molecule has 1 aliphatic heterocycles. The summed E-state index contributed by atoms with van der Waals surface area (Å²) in [6, 6.07) is 6.28. The number of anilines is 1. The summed E-state index contributed by atoms with van der Waals surface area (Å²) in [6.45, 7) is 2.65. The van der Waals surface area contributed by atoms with Crippen molar-refractivity contribution < 1.29 is 14.4 Å². The molecule has 22 heavy (non-hydrogen) atoms. The van der Waals surface area contributed by atoms with E-state index in [4.69, 9.17) is 5.73 Å². The Morgan fingerprint density at radius 3 is 2.50 bits per heavy atom. The Bertz CT molecular complexity index is 569. The van der Waals surface area contributed by atoms with E-state index in [1.807, 2.05) is 6.92 Å². The maximum atomic E-state index is 12.3. The van der Waals surface area contributed by atoms with Crippen LogP contribution in [0.15, 0.2) is 24.3 Å². The number of carbonyl (C=O) groups is 3. The predicted molar refractivity (Wildman–Crippen MR) is 83.2 cm³/mol. The lowest BCUT2D eigenvalue weighted by Crippen LogP contribution is -2.48. The zero-order valence-electron chi connectivity index (χ0n) is 12.7. The van der Waals surface area contributed by atoms with Crippen LogP contribution in [-0.2, 0) is 9.59 Å². The van der Waals surface area contributed by atoms with Crippen LogP contribution in [-0.4, -0.2) is 35.2 Å². The summed E-state index contributed by atoms with van der Waals surface area (Å²) in [5.41, 5.74) is 5.97. The van der Waals surface area contributed by atoms with Gasteiger partial charge in [0.2, 0.25) is 5.91 Å². The quantitative estimate of drug-likeness (QED) is 0.829. The van der Waals surface area contributed by atoms with Crippen LogP contribution in [0.3, 0.4) is 0 Å². The SMILES string of the molecule is CCC1CCCCN1C(=O)C(=O)Nc1ccc(C(N)=O)cc1. The highest BCUT2D eigenvalue weighted by molar-refractivity contribution is 6.39. The van der Waals surface area contributed by atoms with Gasteiger partial charge in [0, 0.05) is 23.8 Å². The average molecular weight is 303 g/mol. The van der Waals surface area contributed by atoms with Gasteiger partial charge in [-0.05, 0) is 49.9 Å². The summed E-state index contributed by atoms with van der Waals surface area (Å²) >= 11 is 0. The van der Waals surface area contributed by atoms with E-state index in [2.05, 4.69) is 5.32 Å². The molecule has 1 saturated heterocycles. The van der Waals surface area contributed by atoms with Gasteiger partial charge in [-0.15, -0.1) is 0 Å². The molecule has 0 bridgehead atoms. The van der Waals surface area contributed by atoms with Crippen molar-refractivity contribution in [3.63, 3.8) is 0 Å². The van der Waals surface area contributed by atoms with Crippen molar-refractivity contribution in [2.24, 2.45) is 5.73 Å². The fourth-order valence-electron chi connectivity index (χ4n) is 2.73. The lowest BCUT2D eigenvalue weighted by Gasteiger charge is -2.34. The molecule has 0 saturated carbocycles. The monoisotopic (exact) mass is 303 g/mol. The van der Waals surface area contributed by atoms with E-state index in [1.165, 1.54) is 12.1 Å². The molecular formula is C16H21N3O3. The molecule has 0 spiro atoms. The van der Waals surface area contributed by atoms with E-state index in [0.717, 1.165) is 25.7 Å². The molecule has 0 aromatic heterocycles. The van der Waals surface area contributed by atoms with Gasteiger partial charge in [-0.2, -0.15) is 0 Å². The zero-order chi connectivity index (χ0) is 16.1. The Labute approximate surface area is 129 Å². The second-order valence-corrected chi connectivity index (χ2v) is 5.45. The first-order chi connectivity index (χ1) is 10.5. The molecule has 3 amide bonds. The van der Waals surface area contributed by atoms with Gasteiger partial charge in [0.05, 0.1) is 0 Å². The molecule has 6 nitrogen and oxygen atoms in total. The normalized spacial score (nSPS) is 17.9. The van der Waals surface area contributed by atoms with Gasteiger partial charge in [0.25, 0.3) is 0 Å². The molecule has 1 unspecified atom stereocenters. The van der Waals surface area contributed by atoms with Crippen molar-refractivity contribution in [3.8, 4) is 0 Å². The number of nitrogens with zero attached hydrogens (tertiary/aromatic N) is 1. The van der Waals surface area contributed by atoms with E-state index in [-0.39, 0.29) is 6.04 Å². The fourth-order valence-corrected chi connectivity index (χ4v) is 2.73. The third kappa shape index (κ3) is 3.63. The number of carbonyl (C=O) groups excluding carboxylic acids is 3. The Hall–Kier alpha value is -2.37. The number of likely N-dealkylation sites (tertiary alicyclic amines) is 1. The number of amides is 3. The van der Waals surface area contributed by atoms with E-state index in [0.29, 0.717) is 17.8 Å². The summed E-state index contributed by atoms with van der Waals surface area (Å²) in [5, 5.41) is 2.57. The first-order valence-electron chi connectivity index (χ1n) is 7.54. The number of primary amides is 1. The Morgan fingerprint density at radius 2 is 1.91 bits per heavy atom. The van der Waals surface area contributed by atoms with Crippen LogP contribution in [0.5, 0.6) is 0 Å². The second-order valence-electron chi connectivity index (χ2n) is 5.45. The predicted octanol–water partition coefficient (Wildman–Crippen LogP) is 1.52. The summed E-state index contributed by atoms with van der Waals surface area (Å²) < 4.78 is 0. The van der Waals surface area contributed by atoms with Gasteiger partial charge in [0.1, 0.15) is 0 Å². The van der Waals surface area contributed by atoms with Crippen molar-refractivity contribution in [2.45, 2.75) is 38.6 Å². The average Bonchev–Trinajstić information content (AvgIpc) is 2.54. The molecule has 1 atom stereocenters. The number of rotatable bonds is 3. The lowest BCUT2D eigenvalue weighted by atomic mass is 10.00. The molecule has 1 heterocycles. The third-order valence-corrected chi connectivity index (χ3v) is 3.98. The van der Waals surface area contributed by atoms with E-state index in [9.17, 15) is 14.4 Å². The molecule has 3 N–H and O–H groups in total. The van der Waals surface area contributed by atoms with Crippen LogP contribution in [0.1, 0.15) is 43.0 Å². The molecule has 2 rings (SSSR count). The maximum Gasteiger partial charge on any atom is 0.313 e.